The van der Waals surface area contributed by atoms with Crippen LogP contribution >= 0.6 is 0 Å². The molecule has 0 radical (unpaired) electrons. The Labute approximate surface area is 89.0 Å². The summed E-state index contributed by atoms with van der Waals surface area (Å²) in [5, 5.41) is 20.7. The minimum atomic E-state index is -0.272. The minimum Gasteiger partial charge on any atom is -0.320 e. The van der Waals surface area contributed by atoms with Crippen molar-refractivity contribution in [3.05, 3.63) is 18.2 Å². The average Bonchev–Trinajstić information content (AvgIpc) is 2.71. The third-order valence-corrected chi connectivity index (χ3v) is 1.99. The van der Waals surface area contributed by atoms with Crippen molar-refractivity contribution in [2.75, 3.05) is 6.54 Å². The van der Waals surface area contributed by atoms with E-state index in [9.17, 15) is 0 Å². The third kappa shape index (κ3) is 3.08. The number of nitrogens with zero attached hydrogens (tertiary/aromatic N) is 4. The Balaban J connectivity index is 2.60. The zero-order valence-corrected chi connectivity index (χ0v) is 8.64. The lowest BCUT2D eigenvalue weighted by Crippen LogP contribution is -2.32. The normalized spacial score (nSPS) is 11.7. The van der Waals surface area contributed by atoms with Crippen LogP contribution in [0.15, 0.2) is 12.4 Å². The van der Waals surface area contributed by atoms with Crippen molar-refractivity contribution in [1.82, 2.24) is 14.9 Å². The minimum absolute atomic E-state index is 0.272. The number of imidazole rings is 1. The standard InChI is InChI=1S/C10H13N5/c1-2-3-13-9(6-11)8-15-5-4-14-10(15)7-12/h4-5,9,13H,2-3,8H2,1H3. The molecule has 1 aromatic heterocycles. The van der Waals surface area contributed by atoms with Crippen LogP contribution in [-0.2, 0) is 6.54 Å². The molecule has 15 heavy (non-hydrogen) atoms. The zero-order valence-electron chi connectivity index (χ0n) is 8.64. The fourth-order valence-electron chi connectivity index (χ4n) is 1.24. The number of nitrogens with one attached hydrogen (secondary N) is 1. The van der Waals surface area contributed by atoms with Gasteiger partial charge in [0.15, 0.2) is 0 Å². The first-order valence-corrected chi connectivity index (χ1v) is 4.86. The Morgan fingerprint density at radius 1 is 1.60 bits per heavy atom. The van der Waals surface area contributed by atoms with Crippen molar-refractivity contribution >= 4 is 0 Å². The molecule has 0 amide bonds. The molecule has 1 N–H and O–H groups in total. The molecule has 1 unspecified atom stereocenters. The summed E-state index contributed by atoms with van der Waals surface area (Å²) in [6.07, 6.45) is 4.25. The first kappa shape index (κ1) is 11.2. The molecule has 0 saturated heterocycles. The highest BCUT2D eigenvalue weighted by molar-refractivity contribution is 5.12. The smallest absolute Gasteiger partial charge is 0.212 e. The Hall–Kier alpha value is -1.85. The van der Waals surface area contributed by atoms with E-state index < -0.39 is 0 Å². The van der Waals surface area contributed by atoms with Crippen LogP contribution in [0, 0.1) is 22.7 Å². The largest absolute Gasteiger partial charge is 0.320 e. The van der Waals surface area contributed by atoms with E-state index in [0.29, 0.717) is 12.4 Å². The van der Waals surface area contributed by atoms with Crippen molar-refractivity contribution in [3.63, 3.8) is 0 Å². The first-order valence-electron chi connectivity index (χ1n) is 4.86. The van der Waals surface area contributed by atoms with Gasteiger partial charge < -0.3 is 9.88 Å². The molecule has 0 aliphatic carbocycles. The topological polar surface area (TPSA) is 77.4 Å². The molecule has 0 bridgehead atoms. The molecule has 1 heterocycles. The summed E-state index contributed by atoms with van der Waals surface area (Å²) in [6.45, 7) is 3.30. The van der Waals surface area contributed by atoms with Gasteiger partial charge in [0.2, 0.25) is 5.82 Å². The molecule has 1 atom stereocenters. The molecule has 0 aliphatic heterocycles. The second-order valence-corrected chi connectivity index (χ2v) is 3.15. The highest BCUT2D eigenvalue weighted by Crippen LogP contribution is 1.98. The summed E-state index contributed by atoms with van der Waals surface area (Å²) < 4.78 is 1.68. The molecule has 5 heteroatoms. The summed E-state index contributed by atoms with van der Waals surface area (Å²) >= 11 is 0. The van der Waals surface area contributed by atoms with Gasteiger partial charge in [-0.2, -0.15) is 10.5 Å². The zero-order chi connectivity index (χ0) is 11.1. The van der Waals surface area contributed by atoms with Gasteiger partial charge in [0.1, 0.15) is 12.1 Å². The van der Waals surface area contributed by atoms with Gasteiger partial charge in [-0.3, -0.25) is 0 Å². The summed E-state index contributed by atoms with van der Waals surface area (Å²) in [5.74, 6) is 0.341. The van der Waals surface area contributed by atoms with Gasteiger partial charge in [-0.25, -0.2) is 4.98 Å². The molecule has 0 fully saturated rings. The van der Waals surface area contributed by atoms with Crippen molar-refractivity contribution in [1.29, 1.82) is 10.5 Å². The van der Waals surface area contributed by atoms with Crippen LogP contribution in [0.1, 0.15) is 19.2 Å². The second-order valence-electron chi connectivity index (χ2n) is 3.15. The highest BCUT2D eigenvalue weighted by atomic mass is 15.1. The van der Waals surface area contributed by atoms with E-state index >= 15 is 0 Å². The van der Waals surface area contributed by atoms with Gasteiger partial charge >= 0.3 is 0 Å². The molecule has 5 nitrogen and oxygen atoms in total. The quantitative estimate of drug-likeness (QED) is 0.762. The number of hydrogen-bond acceptors (Lipinski definition) is 4. The maximum absolute atomic E-state index is 8.89. The molecule has 1 rings (SSSR count). The lowest BCUT2D eigenvalue weighted by atomic mass is 10.3. The van der Waals surface area contributed by atoms with Crippen molar-refractivity contribution in [3.8, 4) is 12.1 Å². The van der Waals surface area contributed by atoms with Gasteiger partial charge in [0.05, 0.1) is 12.6 Å². The van der Waals surface area contributed by atoms with Gasteiger partial charge in [0.25, 0.3) is 0 Å². The van der Waals surface area contributed by atoms with Gasteiger partial charge in [-0.1, -0.05) is 6.92 Å². The van der Waals surface area contributed by atoms with E-state index in [2.05, 4.69) is 16.4 Å². The average molecular weight is 203 g/mol. The van der Waals surface area contributed by atoms with E-state index in [4.69, 9.17) is 10.5 Å². The highest BCUT2D eigenvalue weighted by Gasteiger charge is 2.09. The van der Waals surface area contributed by atoms with Crippen LogP contribution in [0.4, 0.5) is 0 Å². The van der Waals surface area contributed by atoms with Gasteiger partial charge in [0, 0.05) is 12.4 Å². The SMILES string of the molecule is CCCNC(C#N)Cn1ccnc1C#N. The monoisotopic (exact) mass is 203 g/mol. The lowest BCUT2D eigenvalue weighted by molar-refractivity contribution is 0.518. The number of rotatable bonds is 5. The van der Waals surface area contributed by atoms with E-state index in [1.54, 1.807) is 17.0 Å². The third-order valence-electron chi connectivity index (χ3n) is 1.99. The maximum Gasteiger partial charge on any atom is 0.212 e. The van der Waals surface area contributed by atoms with E-state index in [0.717, 1.165) is 13.0 Å². The maximum atomic E-state index is 8.89. The summed E-state index contributed by atoms with van der Waals surface area (Å²) in [5.41, 5.74) is 0. The van der Waals surface area contributed by atoms with Crippen molar-refractivity contribution in [2.45, 2.75) is 25.9 Å². The number of hydrogen-bond donors (Lipinski definition) is 1. The molecule has 0 aliphatic rings. The van der Waals surface area contributed by atoms with Crippen LogP contribution in [-0.4, -0.2) is 22.1 Å². The molecular formula is C10H13N5. The summed E-state index contributed by atoms with van der Waals surface area (Å²) in [4.78, 5) is 3.87. The summed E-state index contributed by atoms with van der Waals surface area (Å²) in [7, 11) is 0. The Bertz CT molecular complexity index is 381. The van der Waals surface area contributed by atoms with E-state index in [-0.39, 0.29) is 6.04 Å². The number of nitriles is 2. The molecule has 0 spiro atoms. The van der Waals surface area contributed by atoms with Gasteiger partial charge in [-0.05, 0) is 13.0 Å². The predicted octanol–water partition coefficient (Wildman–Crippen LogP) is 0.647. The Kier molecular flexibility index (Phi) is 4.33. The molecule has 0 saturated carbocycles. The Morgan fingerprint density at radius 3 is 3.00 bits per heavy atom. The van der Waals surface area contributed by atoms with Crippen LogP contribution in [0.25, 0.3) is 0 Å². The molecule has 78 valence electrons. The lowest BCUT2D eigenvalue weighted by Gasteiger charge is -2.11. The molecule has 1 aromatic rings. The van der Waals surface area contributed by atoms with Crippen LogP contribution in [0.3, 0.4) is 0 Å². The molecular weight excluding hydrogens is 190 g/mol. The number of aromatic nitrogens is 2. The summed E-state index contributed by atoms with van der Waals surface area (Å²) in [6, 6.07) is 3.86. The van der Waals surface area contributed by atoms with Crippen LogP contribution in [0.5, 0.6) is 0 Å². The molecule has 0 aromatic carbocycles. The van der Waals surface area contributed by atoms with Crippen LogP contribution in [0.2, 0.25) is 0 Å². The van der Waals surface area contributed by atoms with Gasteiger partial charge in [-0.15, -0.1) is 0 Å². The van der Waals surface area contributed by atoms with Crippen molar-refractivity contribution < 1.29 is 0 Å². The van der Waals surface area contributed by atoms with E-state index in [1.165, 1.54) is 0 Å². The first-order chi connectivity index (χ1) is 7.31. The van der Waals surface area contributed by atoms with Crippen LogP contribution < -0.4 is 5.32 Å². The second kappa shape index (κ2) is 5.79. The Morgan fingerprint density at radius 2 is 2.40 bits per heavy atom. The van der Waals surface area contributed by atoms with Crippen molar-refractivity contribution in [2.24, 2.45) is 0 Å². The predicted molar refractivity (Wildman–Crippen MR) is 54.6 cm³/mol. The van der Waals surface area contributed by atoms with E-state index in [1.807, 2.05) is 13.0 Å². The fraction of sp³-hybridized carbons (Fsp3) is 0.500. The fourth-order valence-corrected chi connectivity index (χ4v) is 1.24.